The Bertz CT molecular complexity index is 633. The van der Waals surface area contributed by atoms with Gasteiger partial charge in [-0.1, -0.05) is 6.07 Å². The fourth-order valence-electron chi connectivity index (χ4n) is 3.25. The van der Waals surface area contributed by atoms with Crippen LogP contribution in [0.5, 0.6) is 0 Å². The summed E-state index contributed by atoms with van der Waals surface area (Å²) in [5.74, 6) is -0.125. The van der Waals surface area contributed by atoms with E-state index in [2.05, 4.69) is 10.3 Å². The highest BCUT2D eigenvalue weighted by Gasteiger charge is 2.42. The van der Waals surface area contributed by atoms with Gasteiger partial charge in [-0.05, 0) is 19.1 Å². The third-order valence-electron chi connectivity index (χ3n) is 4.37. The fourth-order valence-corrected chi connectivity index (χ4v) is 3.25. The summed E-state index contributed by atoms with van der Waals surface area (Å²) in [6.07, 6.45) is -3.35. The van der Waals surface area contributed by atoms with Gasteiger partial charge in [0.15, 0.2) is 0 Å². The first-order valence-electron chi connectivity index (χ1n) is 8.13. The molecule has 0 aromatic carbocycles. The number of anilines is 1. The normalized spacial score (nSPS) is 23.5. The first-order chi connectivity index (χ1) is 11.8. The standard InChI is InChI=1S/C16H20F3N3O3/c1-11-9-22(10-15(25-11)5-7-24-8-6-15)14(23)21-13-4-2-3-12(20-13)16(17,18)19/h2-4,11H,5-10H2,1H3,(H,20,21,23). The van der Waals surface area contributed by atoms with Crippen LogP contribution < -0.4 is 5.32 Å². The lowest BCUT2D eigenvalue weighted by Crippen LogP contribution is -2.59. The predicted octanol–water partition coefficient (Wildman–Crippen LogP) is 2.90. The SMILES string of the molecule is CC1CN(C(=O)Nc2cccc(C(F)(F)F)n2)CC2(CCOCC2)O1. The summed E-state index contributed by atoms with van der Waals surface area (Å²) in [4.78, 5) is 17.5. The van der Waals surface area contributed by atoms with Crippen LogP contribution in [0.3, 0.4) is 0 Å². The van der Waals surface area contributed by atoms with E-state index in [1.165, 1.54) is 12.1 Å². The molecule has 2 saturated heterocycles. The maximum Gasteiger partial charge on any atom is 0.433 e. The average Bonchev–Trinajstić information content (AvgIpc) is 2.54. The van der Waals surface area contributed by atoms with Gasteiger partial charge in [0.25, 0.3) is 0 Å². The monoisotopic (exact) mass is 359 g/mol. The second-order valence-corrected chi connectivity index (χ2v) is 6.44. The van der Waals surface area contributed by atoms with E-state index in [1.54, 1.807) is 4.90 Å². The molecule has 1 unspecified atom stereocenters. The molecule has 2 aliphatic rings. The number of pyridine rings is 1. The Morgan fingerprint density at radius 1 is 1.36 bits per heavy atom. The van der Waals surface area contributed by atoms with Gasteiger partial charge in [0, 0.05) is 32.6 Å². The van der Waals surface area contributed by atoms with Crippen molar-refractivity contribution in [1.29, 1.82) is 0 Å². The number of halogens is 3. The Morgan fingerprint density at radius 3 is 2.76 bits per heavy atom. The van der Waals surface area contributed by atoms with Gasteiger partial charge < -0.3 is 14.4 Å². The van der Waals surface area contributed by atoms with E-state index in [0.717, 1.165) is 6.07 Å². The van der Waals surface area contributed by atoms with Crippen molar-refractivity contribution in [2.45, 2.75) is 37.6 Å². The lowest BCUT2D eigenvalue weighted by molar-refractivity contribution is -0.174. The van der Waals surface area contributed by atoms with E-state index in [1.807, 2.05) is 6.92 Å². The highest BCUT2D eigenvalue weighted by atomic mass is 19.4. The topological polar surface area (TPSA) is 63.7 Å². The Hall–Kier alpha value is -1.87. The second kappa shape index (κ2) is 6.80. The van der Waals surface area contributed by atoms with Gasteiger partial charge in [0.1, 0.15) is 11.5 Å². The third-order valence-corrected chi connectivity index (χ3v) is 4.37. The number of urea groups is 1. The van der Waals surface area contributed by atoms with Gasteiger partial charge in [0.05, 0.1) is 18.2 Å². The van der Waals surface area contributed by atoms with E-state index in [0.29, 0.717) is 39.1 Å². The molecule has 9 heteroatoms. The first kappa shape index (κ1) is 17.9. The molecule has 2 amide bonds. The highest BCUT2D eigenvalue weighted by Crippen LogP contribution is 2.32. The second-order valence-electron chi connectivity index (χ2n) is 6.44. The van der Waals surface area contributed by atoms with Crippen LogP contribution in [0, 0.1) is 0 Å². The number of ether oxygens (including phenoxy) is 2. The Kier molecular flexibility index (Phi) is 4.88. The maximum absolute atomic E-state index is 12.7. The summed E-state index contributed by atoms with van der Waals surface area (Å²) in [5.41, 5.74) is -1.49. The van der Waals surface area contributed by atoms with Crippen molar-refractivity contribution in [3.63, 3.8) is 0 Å². The van der Waals surface area contributed by atoms with Crippen molar-refractivity contribution < 1.29 is 27.4 Å². The quantitative estimate of drug-likeness (QED) is 0.837. The van der Waals surface area contributed by atoms with Crippen molar-refractivity contribution >= 4 is 11.8 Å². The van der Waals surface area contributed by atoms with E-state index in [9.17, 15) is 18.0 Å². The highest BCUT2D eigenvalue weighted by molar-refractivity contribution is 5.88. The van der Waals surface area contributed by atoms with Crippen LogP contribution in [0.4, 0.5) is 23.8 Å². The average molecular weight is 359 g/mol. The number of rotatable bonds is 1. The van der Waals surface area contributed by atoms with Crippen molar-refractivity contribution in [1.82, 2.24) is 9.88 Å². The van der Waals surface area contributed by atoms with E-state index >= 15 is 0 Å². The molecule has 138 valence electrons. The van der Waals surface area contributed by atoms with Crippen molar-refractivity contribution in [3.05, 3.63) is 23.9 Å². The number of amides is 2. The lowest BCUT2D eigenvalue weighted by atomic mass is 9.91. The van der Waals surface area contributed by atoms with Gasteiger partial charge in [-0.25, -0.2) is 9.78 Å². The molecule has 2 fully saturated rings. The zero-order chi connectivity index (χ0) is 18.1. The Labute approximate surface area is 143 Å². The molecule has 3 heterocycles. The van der Waals surface area contributed by atoms with Crippen LogP contribution >= 0.6 is 0 Å². The van der Waals surface area contributed by atoms with Crippen LogP contribution in [-0.2, 0) is 15.7 Å². The smallest absolute Gasteiger partial charge is 0.381 e. The Balaban J connectivity index is 1.70. The molecule has 0 bridgehead atoms. The summed E-state index contributed by atoms with van der Waals surface area (Å²) in [6, 6.07) is 2.94. The molecule has 0 saturated carbocycles. The number of carbonyl (C=O) groups is 1. The minimum atomic E-state index is -4.56. The molecule has 1 spiro atoms. The van der Waals surface area contributed by atoms with Crippen LogP contribution in [0.2, 0.25) is 0 Å². The van der Waals surface area contributed by atoms with Gasteiger partial charge in [-0.15, -0.1) is 0 Å². The number of alkyl halides is 3. The molecule has 1 N–H and O–H groups in total. The van der Waals surface area contributed by atoms with Crippen LogP contribution in [0.15, 0.2) is 18.2 Å². The lowest BCUT2D eigenvalue weighted by Gasteiger charge is -2.47. The Morgan fingerprint density at radius 2 is 2.08 bits per heavy atom. The number of aromatic nitrogens is 1. The number of morpholine rings is 1. The van der Waals surface area contributed by atoms with Crippen LogP contribution in [0.25, 0.3) is 0 Å². The fraction of sp³-hybridized carbons (Fsp3) is 0.625. The number of nitrogens with one attached hydrogen (secondary N) is 1. The molecule has 1 atom stereocenters. The number of nitrogens with zero attached hydrogens (tertiary/aromatic N) is 2. The molecule has 1 aromatic heterocycles. The zero-order valence-corrected chi connectivity index (χ0v) is 13.8. The van der Waals surface area contributed by atoms with Crippen molar-refractivity contribution in [2.24, 2.45) is 0 Å². The van der Waals surface area contributed by atoms with Crippen LogP contribution in [-0.4, -0.2) is 53.9 Å². The predicted molar refractivity (Wildman–Crippen MR) is 83.2 cm³/mol. The minimum absolute atomic E-state index is 0.125. The first-order valence-corrected chi connectivity index (χ1v) is 8.13. The van der Waals surface area contributed by atoms with Gasteiger partial charge in [-0.2, -0.15) is 13.2 Å². The summed E-state index contributed by atoms with van der Waals surface area (Å²) in [6.45, 7) is 3.76. The molecule has 2 aliphatic heterocycles. The molecular formula is C16H20F3N3O3. The number of carbonyl (C=O) groups excluding carboxylic acids is 1. The number of hydrogen-bond donors (Lipinski definition) is 1. The van der Waals surface area contributed by atoms with Gasteiger partial charge >= 0.3 is 12.2 Å². The summed E-state index contributed by atoms with van der Waals surface area (Å²) in [7, 11) is 0. The van der Waals surface area contributed by atoms with E-state index < -0.39 is 23.5 Å². The molecular weight excluding hydrogens is 339 g/mol. The third kappa shape index (κ3) is 4.21. The van der Waals surface area contributed by atoms with E-state index in [-0.39, 0.29) is 11.9 Å². The molecule has 3 rings (SSSR count). The minimum Gasteiger partial charge on any atom is -0.381 e. The van der Waals surface area contributed by atoms with E-state index in [4.69, 9.17) is 9.47 Å². The molecule has 0 radical (unpaired) electrons. The molecule has 25 heavy (non-hydrogen) atoms. The van der Waals surface area contributed by atoms with Crippen LogP contribution in [0.1, 0.15) is 25.5 Å². The largest absolute Gasteiger partial charge is 0.433 e. The van der Waals surface area contributed by atoms with Gasteiger partial charge in [-0.3, -0.25) is 5.32 Å². The van der Waals surface area contributed by atoms with Crippen molar-refractivity contribution in [3.8, 4) is 0 Å². The molecule has 1 aromatic rings. The van der Waals surface area contributed by atoms with Gasteiger partial charge in [0.2, 0.25) is 0 Å². The number of hydrogen-bond acceptors (Lipinski definition) is 4. The summed E-state index contributed by atoms with van der Waals surface area (Å²) in [5, 5.41) is 2.46. The molecule has 6 nitrogen and oxygen atoms in total. The van der Waals surface area contributed by atoms with Crippen molar-refractivity contribution in [2.75, 3.05) is 31.6 Å². The molecule has 0 aliphatic carbocycles. The summed E-state index contributed by atoms with van der Waals surface area (Å²) < 4.78 is 49.6. The zero-order valence-electron chi connectivity index (χ0n) is 13.8. The summed E-state index contributed by atoms with van der Waals surface area (Å²) >= 11 is 0. The maximum atomic E-state index is 12.7.